The Balaban J connectivity index is 1.76. The van der Waals surface area contributed by atoms with Gasteiger partial charge < -0.3 is 4.74 Å². The third kappa shape index (κ3) is 3.38. The van der Waals surface area contributed by atoms with Crippen molar-refractivity contribution in [1.29, 1.82) is 0 Å². The lowest BCUT2D eigenvalue weighted by molar-refractivity contribution is 0.230. The molecule has 28 heavy (non-hydrogen) atoms. The van der Waals surface area contributed by atoms with Crippen molar-refractivity contribution in [3.05, 3.63) is 82.5 Å². The van der Waals surface area contributed by atoms with Gasteiger partial charge in [0.2, 0.25) is 0 Å². The highest BCUT2D eigenvalue weighted by molar-refractivity contribution is 7.98. The Hall–Kier alpha value is -2.44. The summed E-state index contributed by atoms with van der Waals surface area (Å²) in [6.45, 7) is 0.0394. The van der Waals surface area contributed by atoms with Gasteiger partial charge in [-0.15, -0.1) is 0 Å². The lowest BCUT2D eigenvalue weighted by atomic mass is 10.1. The van der Waals surface area contributed by atoms with E-state index in [-0.39, 0.29) is 12.6 Å². The summed E-state index contributed by atoms with van der Waals surface area (Å²) in [6, 6.07) is 11.8. The number of hydrogen-bond acceptors (Lipinski definition) is 3. The Labute approximate surface area is 172 Å². The number of fused-ring (bicyclic) bond motifs is 1. The average Bonchev–Trinajstić information content (AvgIpc) is 2.72. The van der Waals surface area contributed by atoms with Gasteiger partial charge in [-0.25, -0.2) is 13.5 Å². The maximum absolute atomic E-state index is 14.4. The van der Waals surface area contributed by atoms with E-state index in [4.69, 9.17) is 16.3 Å². The molecule has 0 unspecified atom stereocenters. The molecule has 7 heteroatoms. The summed E-state index contributed by atoms with van der Waals surface area (Å²) in [5.41, 5.74) is 1.73. The molecule has 0 N–H and O–H groups in total. The Morgan fingerprint density at radius 3 is 2.71 bits per heavy atom. The molecule has 2 aliphatic rings. The van der Waals surface area contributed by atoms with E-state index in [1.165, 1.54) is 18.0 Å². The van der Waals surface area contributed by atoms with Crippen LogP contribution in [-0.2, 0) is 11.3 Å². The van der Waals surface area contributed by atoms with Gasteiger partial charge >= 0.3 is 6.03 Å². The molecule has 0 atom stereocenters. The van der Waals surface area contributed by atoms with Crippen molar-refractivity contribution in [1.82, 2.24) is 4.31 Å². The van der Waals surface area contributed by atoms with E-state index >= 15 is 0 Å². The van der Waals surface area contributed by atoms with Gasteiger partial charge in [0, 0.05) is 10.6 Å². The first kappa shape index (κ1) is 18.9. The lowest BCUT2D eigenvalue weighted by Gasteiger charge is -2.37. The molecule has 2 aromatic rings. The van der Waals surface area contributed by atoms with Gasteiger partial charge in [0.15, 0.2) is 0 Å². The summed E-state index contributed by atoms with van der Waals surface area (Å²) >= 11 is 7.56. The van der Waals surface area contributed by atoms with Crippen LogP contribution in [0.2, 0.25) is 5.02 Å². The summed E-state index contributed by atoms with van der Waals surface area (Å²) in [4.78, 5) is 15.9. The summed E-state index contributed by atoms with van der Waals surface area (Å²) in [6.07, 6.45) is 5.66. The predicted molar refractivity (Wildman–Crippen MR) is 110 cm³/mol. The summed E-state index contributed by atoms with van der Waals surface area (Å²) in [7, 11) is 1.59. The molecule has 0 bridgehead atoms. The highest BCUT2D eigenvalue weighted by atomic mass is 35.5. The maximum Gasteiger partial charge on any atom is 0.339 e. The second-order valence-corrected chi connectivity index (χ2v) is 7.76. The Kier molecular flexibility index (Phi) is 5.33. The molecule has 0 spiro atoms. The van der Waals surface area contributed by atoms with E-state index in [9.17, 15) is 9.18 Å². The van der Waals surface area contributed by atoms with Crippen molar-refractivity contribution in [2.24, 2.45) is 0 Å². The fourth-order valence-electron chi connectivity index (χ4n) is 3.26. The minimum absolute atomic E-state index is 0.0394. The Bertz CT molecular complexity index is 972. The first-order valence-corrected chi connectivity index (χ1v) is 10.0. The largest absolute Gasteiger partial charge is 0.495 e. The van der Waals surface area contributed by atoms with Crippen molar-refractivity contribution < 1.29 is 13.9 Å². The molecule has 1 aliphatic heterocycles. The van der Waals surface area contributed by atoms with Gasteiger partial charge in [-0.05, 0) is 55.1 Å². The maximum atomic E-state index is 14.4. The number of carbonyl (C=O) groups excluding carboxylic acids is 1. The molecule has 0 saturated heterocycles. The van der Waals surface area contributed by atoms with Crippen molar-refractivity contribution in [2.75, 3.05) is 12.0 Å². The molecule has 0 fully saturated rings. The van der Waals surface area contributed by atoms with Gasteiger partial charge in [0.25, 0.3) is 0 Å². The highest BCUT2D eigenvalue weighted by Gasteiger charge is 2.35. The lowest BCUT2D eigenvalue weighted by Crippen LogP contribution is -2.43. The zero-order valence-corrected chi connectivity index (χ0v) is 16.8. The van der Waals surface area contributed by atoms with Crippen LogP contribution in [-0.4, -0.2) is 17.4 Å². The molecule has 1 aliphatic carbocycles. The number of carbonyl (C=O) groups is 1. The van der Waals surface area contributed by atoms with Crippen LogP contribution in [0.3, 0.4) is 0 Å². The molecule has 0 aromatic heterocycles. The van der Waals surface area contributed by atoms with Crippen molar-refractivity contribution in [2.45, 2.75) is 24.3 Å². The van der Waals surface area contributed by atoms with E-state index in [1.54, 1.807) is 28.4 Å². The summed E-state index contributed by atoms with van der Waals surface area (Å²) < 4.78 is 21.5. The molecule has 0 radical (unpaired) electrons. The normalized spacial score (nSPS) is 16.5. The predicted octanol–water partition coefficient (Wildman–Crippen LogP) is 6.14. The Morgan fingerprint density at radius 2 is 1.93 bits per heavy atom. The van der Waals surface area contributed by atoms with Crippen LogP contribution in [0.5, 0.6) is 0 Å². The molecular weight excluding hydrogens is 399 g/mol. The number of benzene rings is 2. The number of para-hydroxylation sites is 1. The van der Waals surface area contributed by atoms with Crippen LogP contribution in [0.15, 0.2) is 71.0 Å². The highest BCUT2D eigenvalue weighted by Crippen LogP contribution is 2.43. The minimum atomic E-state index is -0.433. The standard InChI is InChI=1S/C21H18ClFN2O2S/c1-27-19-11-4-2-9-17(19)25-21(26)24(18-10-3-5-12-20(18)28-25)13-14-15(22)7-6-8-16(14)23/h3,5-12H,2,4,13H2,1H3. The van der Waals surface area contributed by atoms with Crippen LogP contribution in [0, 0.1) is 5.82 Å². The van der Waals surface area contributed by atoms with Crippen LogP contribution in [0.4, 0.5) is 14.9 Å². The third-order valence-electron chi connectivity index (χ3n) is 4.65. The third-order valence-corrected chi connectivity index (χ3v) is 6.08. The molecule has 0 saturated carbocycles. The number of anilines is 1. The van der Waals surface area contributed by atoms with Crippen molar-refractivity contribution in [3.8, 4) is 0 Å². The topological polar surface area (TPSA) is 32.8 Å². The quantitative estimate of drug-likeness (QED) is 0.561. The van der Waals surface area contributed by atoms with E-state index in [2.05, 4.69) is 0 Å². The zero-order valence-electron chi connectivity index (χ0n) is 15.2. The number of allylic oxidation sites excluding steroid dienone is 2. The molecule has 2 amide bonds. The second kappa shape index (κ2) is 7.89. The van der Waals surface area contributed by atoms with Crippen LogP contribution in [0.1, 0.15) is 18.4 Å². The van der Waals surface area contributed by atoms with Crippen LogP contribution in [0.25, 0.3) is 0 Å². The van der Waals surface area contributed by atoms with E-state index in [1.807, 2.05) is 36.4 Å². The van der Waals surface area contributed by atoms with E-state index in [0.717, 1.165) is 23.4 Å². The first-order valence-electron chi connectivity index (χ1n) is 8.86. The average molecular weight is 417 g/mol. The number of rotatable bonds is 4. The van der Waals surface area contributed by atoms with Crippen molar-refractivity contribution in [3.63, 3.8) is 0 Å². The zero-order chi connectivity index (χ0) is 19.7. The molecule has 4 rings (SSSR count). The summed E-state index contributed by atoms with van der Waals surface area (Å²) in [5, 5.41) is 0.296. The molecular formula is C21H18ClFN2O2S. The number of nitrogens with zero attached hydrogens (tertiary/aromatic N) is 2. The molecule has 144 valence electrons. The van der Waals surface area contributed by atoms with Gasteiger partial charge in [0.05, 0.1) is 29.9 Å². The summed E-state index contributed by atoms with van der Waals surface area (Å²) in [5.74, 6) is 0.229. The van der Waals surface area contributed by atoms with Crippen LogP contribution >= 0.6 is 23.5 Å². The van der Waals surface area contributed by atoms with Gasteiger partial charge in [-0.3, -0.25) is 4.90 Å². The monoisotopic (exact) mass is 416 g/mol. The number of methoxy groups -OCH3 is 1. The number of halogens is 2. The van der Waals surface area contributed by atoms with Gasteiger partial charge in [0.1, 0.15) is 11.6 Å². The van der Waals surface area contributed by atoms with E-state index < -0.39 is 5.82 Å². The first-order chi connectivity index (χ1) is 13.6. The van der Waals surface area contributed by atoms with Gasteiger partial charge in [-0.2, -0.15) is 0 Å². The van der Waals surface area contributed by atoms with Crippen LogP contribution < -0.4 is 4.90 Å². The second-order valence-electron chi connectivity index (χ2n) is 6.36. The van der Waals surface area contributed by atoms with Gasteiger partial charge in [-0.1, -0.05) is 35.9 Å². The molecule has 4 nitrogen and oxygen atoms in total. The Morgan fingerprint density at radius 1 is 1.14 bits per heavy atom. The van der Waals surface area contributed by atoms with Crippen molar-refractivity contribution >= 4 is 35.3 Å². The smallest absolute Gasteiger partial charge is 0.339 e. The fourth-order valence-corrected chi connectivity index (χ4v) is 4.53. The van der Waals surface area contributed by atoms with E-state index in [0.29, 0.717) is 22.0 Å². The SMILES string of the molecule is COC1=CCCC=C1N1Sc2ccccc2N(Cc2c(F)cccc2Cl)C1=O. The number of hydrogen-bond donors (Lipinski definition) is 0. The number of urea groups is 1. The minimum Gasteiger partial charge on any atom is -0.495 e. The molecule has 2 aromatic carbocycles. The fraction of sp³-hybridized carbons (Fsp3) is 0.190. The number of ether oxygens (including phenoxy) is 1. The molecule has 1 heterocycles. The number of amides is 2.